The number of hydrogen-bond donors (Lipinski definition) is 2. The summed E-state index contributed by atoms with van der Waals surface area (Å²) in [6, 6.07) is 6.04. The third-order valence-electron chi connectivity index (χ3n) is 3.14. The fourth-order valence-corrected chi connectivity index (χ4v) is 1.61. The maximum atomic E-state index is 11.8. The third-order valence-corrected chi connectivity index (χ3v) is 3.14. The van der Waals surface area contributed by atoms with E-state index < -0.39 is 6.04 Å². The van der Waals surface area contributed by atoms with Gasteiger partial charge in [0.15, 0.2) is 0 Å². The summed E-state index contributed by atoms with van der Waals surface area (Å²) in [7, 11) is 0. The molecule has 1 rings (SSSR count). The van der Waals surface area contributed by atoms with E-state index in [4.69, 9.17) is 10.5 Å². The number of esters is 1. The molecule has 5 nitrogen and oxygen atoms in total. The maximum Gasteiger partial charge on any atom is 0.338 e. The molecule has 5 heteroatoms. The molecule has 1 aromatic rings. The van der Waals surface area contributed by atoms with Crippen LogP contribution in [0, 0.1) is 5.92 Å². The van der Waals surface area contributed by atoms with Gasteiger partial charge in [0.25, 0.3) is 0 Å². The van der Waals surface area contributed by atoms with Gasteiger partial charge in [-0.15, -0.1) is 0 Å². The van der Waals surface area contributed by atoms with Gasteiger partial charge in [0.05, 0.1) is 18.2 Å². The molecular formula is C16H24N2O3. The predicted octanol–water partition coefficient (Wildman–Crippen LogP) is 2.57. The number of ether oxygens (including phenoxy) is 1. The number of anilines is 1. The topological polar surface area (TPSA) is 81.4 Å². The van der Waals surface area contributed by atoms with Crippen molar-refractivity contribution in [3.8, 4) is 0 Å². The van der Waals surface area contributed by atoms with Crippen LogP contribution in [0.4, 0.5) is 5.69 Å². The Labute approximate surface area is 125 Å². The van der Waals surface area contributed by atoms with Gasteiger partial charge in [-0.3, -0.25) is 4.79 Å². The van der Waals surface area contributed by atoms with Crippen molar-refractivity contribution in [2.45, 2.75) is 39.7 Å². The molecular weight excluding hydrogens is 268 g/mol. The summed E-state index contributed by atoms with van der Waals surface area (Å²) in [6.07, 6.45) is 1.83. The van der Waals surface area contributed by atoms with E-state index >= 15 is 0 Å². The average Bonchev–Trinajstić information content (AvgIpc) is 2.47. The smallest absolute Gasteiger partial charge is 0.338 e. The van der Waals surface area contributed by atoms with E-state index in [9.17, 15) is 9.59 Å². The zero-order chi connectivity index (χ0) is 15.8. The summed E-state index contributed by atoms with van der Waals surface area (Å²) in [4.78, 5) is 23.5. The fraction of sp³-hybridized carbons (Fsp3) is 0.500. The van der Waals surface area contributed by atoms with E-state index in [1.54, 1.807) is 24.3 Å². The molecule has 0 heterocycles. The van der Waals surface area contributed by atoms with Crippen LogP contribution < -0.4 is 11.1 Å². The molecule has 0 aromatic heterocycles. The summed E-state index contributed by atoms with van der Waals surface area (Å²) in [5.74, 6) is -0.513. The highest BCUT2D eigenvalue weighted by Crippen LogP contribution is 2.12. The lowest BCUT2D eigenvalue weighted by atomic mass is 10.0. The summed E-state index contributed by atoms with van der Waals surface area (Å²) in [5.41, 5.74) is 6.85. The predicted molar refractivity (Wildman–Crippen MR) is 83.1 cm³/mol. The van der Waals surface area contributed by atoms with Crippen molar-refractivity contribution in [3.05, 3.63) is 29.8 Å². The molecule has 1 atom stereocenters. The second-order valence-corrected chi connectivity index (χ2v) is 5.33. The van der Waals surface area contributed by atoms with Crippen molar-refractivity contribution in [1.29, 1.82) is 0 Å². The first-order valence-electron chi connectivity index (χ1n) is 7.29. The number of amides is 1. The van der Waals surface area contributed by atoms with Crippen molar-refractivity contribution < 1.29 is 14.3 Å². The number of rotatable bonds is 7. The van der Waals surface area contributed by atoms with Crippen molar-refractivity contribution in [2.75, 3.05) is 11.9 Å². The second-order valence-electron chi connectivity index (χ2n) is 5.33. The molecule has 0 fully saturated rings. The van der Waals surface area contributed by atoms with Crippen LogP contribution in [0.25, 0.3) is 0 Å². The summed E-state index contributed by atoms with van der Waals surface area (Å²) in [6.45, 7) is 6.24. The number of hydrogen-bond acceptors (Lipinski definition) is 4. The van der Waals surface area contributed by atoms with E-state index in [0.29, 0.717) is 17.9 Å². The molecule has 0 bridgehead atoms. The Morgan fingerprint density at radius 3 is 2.38 bits per heavy atom. The highest BCUT2D eigenvalue weighted by atomic mass is 16.5. The molecule has 0 radical (unpaired) electrons. The minimum atomic E-state index is -0.552. The standard InChI is InChI=1S/C16H24N2O3/c1-4-5-10-21-16(20)12-6-8-13(9-7-12)18-15(19)14(17)11(2)3/h6-9,11,14H,4-5,10,17H2,1-3H3,(H,18,19). The normalized spacial score (nSPS) is 12.0. The van der Waals surface area contributed by atoms with Crippen LogP contribution in [0.1, 0.15) is 44.0 Å². The largest absolute Gasteiger partial charge is 0.462 e. The summed E-state index contributed by atoms with van der Waals surface area (Å²) < 4.78 is 5.11. The minimum absolute atomic E-state index is 0.0674. The first kappa shape index (κ1) is 17.2. The number of nitrogens with one attached hydrogen (secondary N) is 1. The molecule has 0 aliphatic rings. The Balaban J connectivity index is 2.58. The molecule has 1 aromatic carbocycles. The Morgan fingerprint density at radius 1 is 1.24 bits per heavy atom. The van der Waals surface area contributed by atoms with E-state index in [-0.39, 0.29) is 17.8 Å². The maximum absolute atomic E-state index is 11.8. The van der Waals surface area contributed by atoms with Gasteiger partial charge in [-0.2, -0.15) is 0 Å². The van der Waals surface area contributed by atoms with Gasteiger partial charge in [0.2, 0.25) is 5.91 Å². The molecule has 116 valence electrons. The van der Waals surface area contributed by atoms with Crippen LogP contribution in [0.2, 0.25) is 0 Å². The summed E-state index contributed by atoms with van der Waals surface area (Å²) >= 11 is 0. The molecule has 3 N–H and O–H groups in total. The van der Waals surface area contributed by atoms with E-state index in [0.717, 1.165) is 12.8 Å². The Bertz CT molecular complexity index is 469. The highest BCUT2D eigenvalue weighted by molar-refractivity contribution is 5.95. The number of unbranched alkanes of at least 4 members (excludes halogenated alkanes) is 1. The van der Waals surface area contributed by atoms with Crippen LogP contribution in [-0.4, -0.2) is 24.5 Å². The van der Waals surface area contributed by atoms with Gasteiger partial charge in [0.1, 0.15) is 0 Å². The Morgan fingerprint density at radius 2 is 1.86 bits per heavy atom. The van der Waals surface area contributed by atoms with E-state index in [1.807, 2.05) is 20.8 Å². The number of carbonyl (C=O) groups is 2. The molecule has 0 aliphatic heterocycles. The van der Waals surface area contributed by atoms with Crippen molar-refractivity contribution in [1.82, 2.24) is 0 Å². The number of carbonyl (C=O) groups excluding carboxylic acids is 2. The molecule has 0 spiro atoms. The van der Waals surface area contributed by atoms with Crippen molar-refractivity contribution >= 4 is 17.6 Å². The zero-order valence-corrected chi connectivity index (χ0v) is 12.9. The molecule has 1 amide bonds. The van der Waals surface area contributed by atoms with Gasteiger partial charge in [0, 0.05) is 5.69 Å². The average molecular weight is 292 g/mol. The molecule has 0 aliphatic carbocycles. The number of nitrogens with two attached hydrogens (primary N) is 1. The highest BCUT2D eigenvalue weighted by Gasteiger charge is 2.17. The molecule has 0 saturated carbocycles. The van der Waals surface area contributed by atoms with E-state index in [1.165, 1.54) is 0 Å². The van der Waals surface area contributed by atoms with E-state index in [2.05, 4.69) is 5.32 Å². The zero-order valence-electron chi connectivity index (χ0n) is 12.9. The third kappa shape index (κ3) is 5.55. The van der Waals surface area contributed by atoms with Gasteiger partial charge in [-0.05, 0) is 36.6 Å². The molecule has 1 unspecified atom stereocenters. The first-order valence-corrected chi connectivity index (χ1v) is 7.29. The van der Waals surface area contributed by atoms with Crippen LogP contribution in [0.5, 0.6) is 0 Å². The van der Waals surface area contributed by atoms with Gasteiger partial charge >= 0.3 is 5.97 Å². The van der Waals surface area contributed by atoms with Crippen molar-refractivity contribution in [3.63, 3.8) is 0 Å². The quantitative estimate of drug-likeness (QED) is 0.598. The lowest BCUT2D eigenvalue weighted by Gasteiger charge is -2.15. The van der Waals surface area contributed by atoms with Crippen molar-refractivity contribution in [2.24, 2.45) is 11.7 Å². The van der Waals surface area contributed by atoms with Gasteiger partial charge in [-0.25, -0.2) is 4.79 Å². The SMILES string of the molecule is CCCCOC(=O)c1ccc(NC(=O)C(N)C(C)C)cc1. The Hall–Kier alpha value is -1.88. The van der Waals surface area contributed by atoms with Crippen LogP contribution in [0.3, 0.4) is 0 Å². The second kappa shape index (κ2) is 8.42. The Kier molecular flexibility index (Phi) is 6.88. The van der Waals surface area contributed by atoms with Crippen LogP contribution in [0.15, 0.2) is 24.3 Å². The number of benzene rings is 1. The van der Waals surface area contributed by atoms with Gasteiger partial charge in [-0.1, -0.05) is 27.2 Å². The fourth-order valence-electron chi connectivity index (χ4n) is 1.61. The minimum Gasteiger partial charge on any atom is -0.462 e. The summed E-state index contributed by atoms with van der Waals surface area (Å²) in [5, 5.41) is 2.73. The molecule has 21 heavy (non-hydrogen) atoms. The first-order chi connectivity index (χ1) is 9.95. The monoisotopic (exact) mass is 292 g/mol. The molecule has 0 saturated heterocycles. The van der Waals surface area contributed by atoms with Crippen LogP contribution >= 0.6 is 0 Å². The lowest BCUT2D eigenvalue weighted by Crippen LogP contribution is -2.39. The van der Waals surface area contributed by atoms with Crippen LogP contribution in [-0.2, 0) is 9.53 Å². The lowest BCUT2D eigenvalue weighted by molar-refractivity contribution is -0.118. The van der Waals surface area contributed by atoms with Gasteiger partial charge < -0.3 is 15.8 Å².